The van der Waals surface area contributed by atoms with Crippen molar-refractivity contribution in [3.8, 4) is 0 Å². The van der Waals surface area contributed by atoms with Crippen LogP contribution in [0.1, 0.15) is 56.8 Å². The smallest absolute Gasteiger partial charge is 0.304 e. The highest BCUT2D eigenvalue weighted by molar-refractivity contribution is 5.66. The van der Waals surface area contributed by atoms with Crippen molar-refractivity contribution >= 4 is 5.97 Å². The third kappa shape index (κ3) is 4.34. The number of carbonyl (C=O) groups is 1. The Morgan fingerprint density at radius 1 is 1.30 bits per heavy atom. The summed E-state index contributed by atoms with van der Waals surface area (Å²) in [5, 5.41) is 8.94. The van der Waals surface area contributed by atoms with E-state index in [1.807, 2.05) is 0 Å². The summed E-state index contributed by atoms with van der Waals surface area (Å²) >= 11 is 0. The normalized spacial score (nSPS) is 13.6. The predicted molar refractivity (Wildman–Crippen MR) is 83.0 cm³/mol. The van der Waals surface area contributed by atoms with Gasteiger partial charge in [0.15, 0.2) is 0 Å². The predicted octanol–water partition coefficient (Wildman–Crippen LogP) is 3.94. The van der Waals surface area contributed by atoms with Crippen LogP contribution in [0, 0.1) is 13.8 Å². The Bertz CT molecular complexity index is 474. The van der Waals surface area contributed by atoms with Gasteiger partial charge < -0.3 is 5.11 Å². The molecule has 0 aliphatic carbocycles. The average Bonchev–Trinajstić information content (AvgIpc) is 2.26. The summed E-state index contributed by atoms with van der Waals surface area (Å²) in [7, 11) is 0. The molecule has 1 aromatic carbocycles. The highest BCUT2D eigenvalue weighted by atomic mass is 16.4. The molecule has 1 unspecified atom stereocenters. The number of hydrogen-bond donors (Lipinski definition) is 1. The second-order valence-electron chi connectivity index (χ2n) is 6.54. The van der Waals surface area contributed by atoms with Gasteiger partial charge in [0.1, 0.15) is 0 Å². The molecule has 0 aliphatic rings. The zero-order valence-corrected chi connectivity index (χ0v) is 13.5. The topological polar surface area (TPSA) is 40.5 Å². The molecule has 1 rings (SSSR count). The Labute approximate surface area is 122 Å². The van der Waals surface area contributed by atoms with Crippen molar-refractivity contribution < 1.29 is 9.90 Å². The van der Waals surface area contributed by atoms with Gasteiger partial charge in [0, 0.05) is 18.1 Å². The fourth-order valence-electron chi connectivity index (χ4n) is 2.79. The lowest BCUT2D eigenvalue weighted by Crippen LogP contribution is -2.44. The summed E-state index contributed by atoms with van der Waals surface area (Å²) in [6.07, 6.45) is 0.173. The van der Waals surface area contributed by atoms with Crippen molar-refractivity contribution in [2.75, 3.05) is 6.54 Å². The maximum absolute atomic E-state index is 10.9. The summed E-state index contributed by atoms with van der Waals surface area (Å²) in [5.74, 6) is -0.743. The van der Waals surface area contributed by atoms with Gasteiger partial charge in [0.25, 0.3) is 0 Å². The minimum atomic E-state index is -0.743. The molecule has 20 heavy (non-hydrogen) atoms. The van der Waals surface area contributed by atoms with Crippen LogP contribution >= 0.6 is 0 Å². The van der Waals surface area contributed by atoms with E-state index >= 15 is 0 Å². The van der Waals surface area contributed by atoms with Crippen LogP contribution in [0.3, 0.4) is 0 Å². The van der Waals surface area contributed by atoms with Crippen molar-refractivity contribution in [1.29, 1.82) is 0 Å². The van der Waals surface area contributed by atoms with Crippen LogP contribution in [-0.2, 0) is 4.79 Å². The standard InChI is InChI=1S/C17H27NO2/c1-12-7-8-15(13(2)11-12)14(3)18(17(4,5)6)10-9-16(19)20/h7-8,11,14H,9-10H2,1-6H3,(H,19,20). The van der Waals surface area contributed by atoms with E-state index in [-0.39, 0.29) is 18.0 Å². The molecule has 3 heteroatoms. The fraction of sp³-hybridized carbons (Fsp3) is 0.588. The summed E-state index contributed by atoms with van der Waals surface area (Å²) in [6.45, 7) is 13.3. The van der Waals surface area contributed by atoms with Gasteiger partial charge in [-0.2, -0.15) is 0 Å². The Morgan fingerprint density at radius 3 is 2.35 bits per heavy atom. The van der Waals surface area contributed by atoms with Crippen LogP contribution in [0.2, 0.25) is 0 Å². The molecule has 0 amide bonds. The summed E-state index contributed by atoms with van der Waals surface area (Å²) in [6, 6.07) is 6.67. The first-order valence-electron chi connectivity index (χ1n) is 7.18. The number of aliphatic carboxylic acids is 1. The number of benzene rings is 1. The monoisotopic (exact) mass is 277 g/mol. The van der Waals surface area contributed by atoms with Crippen molar-refractivity contribution in [3.63, 3.8) is 0 Å². The molecule has 0 aromatic heterocycles. The van der Waals surface area contributed by atoms with E-state index < -0.39 is 5.97 Å². The number of rotatable bonds is 5. The quantitative estimate of drug-likeness (QED) is 0.886. The van der Waals surface area contributed by atoms with E-state index in [9.17, 15) is 4.79 Å². The maximum atomic E-state index is 10.9. The maximum Gasteiger partial charge on any atom is 0.304 e. The molecule has 0 heterocycles. The third-order valence-corrected chi connectivity index (χ3v) is 3.77. The Morgan fingerprint density at radius 2 is 1.90 bits per heavy atom. The molecule has 0 aliphatic heterocycles. The number of nitrogens with zero attached hydrogens (tertiary/aromatic N) is 1. The Kier molecular flexibility index (Phi) is 5.35. The summed E-state index contributed by atoms with van der Waals surface area (Å²) in [5.41, 5.74) is 3.73. The fourth-order valence-corrected chi connectivity index (χ4v) is 2.79. The minimum Gasteiger partial charge on any atom is -0.481 e. The summed E-state index contributed by atoms with van der Waals surface area (Å²) < 4.78 is 0. The van der Waals surface area contributed by atoms with Crippen LogP contribution in [0.4, 0.5) is 0 Å². The molecule has 1 N–H and O–H groups in total. The lowest BCUT2D eigenvalue weighted by molar-refractivity contribution is -0.137. The van der Waals surface area contributed by atoms with Crippen molar-refractivity contribution in [1.82, 2.24) is 4.90 Å². The number of hydrogen-bond acceptors (Lipinski definition) is 2. The Hall–Kier alpha value is -1.35. The SMILES string of the molecule is Cc1ccc(C(C)N(CCC(=O)O)C(C)(C)C)c(C)c1. The molecule has 112 valence electrons. The Balaban J connectivity index is 3.03. The lowest BCUT2D eigenvalue weighted by atomic mass is 9.95. The molecule has 0 fully saturated rings. The van der Waals surface area contributed by atoms with Gasteiger partial charge in [-0.3, -0.25) is 9.69 Å². The van der Waals surface area contributed by atoms with E-state index in [0.29, 0.717) is 6.54 Å². The second kappa shape index (κ2) is 6.40. The van der Waals surface area contributed by atoms with Gasteiger partial charge in [-0.15, -0.1) is 0 Å². The van der Waals surface area contributed by atoms with Crippen LogP contribution in [0.15, 0.2) is 18.2 Å². The first-order chi connectivity index (χ1) is 9.12. The number of carboxylic acid groups (broad SMARTS) is 1. The van der Waals surface area contributed by atoms with Gasteiger partial charge in [-0.05, 0) is 52.7 Å². The number of carboxylic acids is 1. The van der Waals surface area contributed by atoms with Crippen molar-refractivity contribution in [2.45, 2.75) is 59.5 Å². The van der Waals surface area contributed by atoms with Gasteiger partial charge in [0.2, 0.25) is 0 Å². The molecular weight excluding hydrogens is 250 g/mol. The van der Waals surface area contributed by atoms with Gasteiger partial charge in [0.05, 0.1) is 6.42 Å². The minimum absolute atomic E-state index is 0.0633. The largest absolute Gasteiger partial charge is 0.481 e. The second-order valence-corrected chi connectivity index (χ2v) is 6.54. The molecule has 0 saturated heterocycles. The first-order valence-corrected chi connectivity index (χ1v) is 7.18. The molecule has 0 bridgehead atoms. The van der Waals surface area contributed by atoms with E-state index in [1.165, 1.54) is 16.7 Å². The van der Waals surface area contributed by atoms with E-state index in [4.69, 9.17) is 5.11 Å². The lowest BCUT2D eigenvalue weighted by Gasteiger charge is -2.40. The van der Waals surface area contributed by atoms with Gasteiger partial charge in [-0.1, -0.05) is 23.8 Å². The van der Waals surface area contributed by atoms with Crippen LogP contribution in [0.25, 0.3) is 0 Å². The third-order valence-electron chi connectivity index (χ3n) is 3.77. The van der Waals surface area contributed by atoms with E-state index in [1.54, 1.807) is 0 Å². The highest BCUT2D eigenvalue weighted by Crippen LogP contribution is 2.30. The van der Waals surface area contributed by atoms with E-state index in [0.717, 1.165) is 0 Å². The van der Waals surface area contributed by atoms with Gasteiger partial charge >= 0.3 is 5.97 Å². The van der Waals surface area contributed by atoms with Crippen molar-refractivity contribution in [2.24, 2.45) is 0 Å². The highest BCUT2D eigenvalue weighted by Gasteiger charge is 2.28. The zero-order chi connectivity index (χ0) is 15.5. The van der Waals surface area contributed by atoms with Crippen LogP contribution < -0.4 is 0 Å². The van der Waals surface area contributed by atoms with Gasteiger partial charge in [-0.25, -0.2) is 0 Å². The molecule has 1 atom stereocenters. The molecule has 0 radical (unpaired) electrons. The molecule has 3 nitrogen and oxygen atoms in total. The number of aryl methyl sites for hydroxylation is 2. The molecule has 1 aromatic rings. The molecule has 0 saturated carbocycles. The summed E-state index contributed by atoms with van der Waals surface area (Å²) in [4.78, 5) is 13.1. The average molecular weight is 277 g/mol. The van der Waals surface area contributed by atoms with Crippen LogP contribution in [-0.4, -0.2) is 28.1 Å². The van der Waals surface area contributed by atoms with Crippen molar-refractivity contribution in [3.05, 3.63) is 34.9 Å². The zero-order valence-electron chi connectivity index (χ0n) is 13.5. The van der Waals surface area contributed by atoms with E-state index in [2.05, 4.69) is 64.6 Å². The molecule has 0 spiro atoms. The first kappa shape index (κ1) is 16.7. The van der Waals surface area contributed by atoms with Crippen LogP contribution in [0.5, 0.6) is 0 Å². The molecular formula is C17H27NO2.